The predicted molar refractivity (Wildman–Crippen MR) is 103 cm³/mol. The maximum absolute atomic E-state index is 12.9. The van der Waals surface area contributed by atoms with Gasteiger partial charge in [-0.1, -0.05) is 0 Å². The topological polar surface area (TPSA) is 57.3 Å². The molecule has 0 fully saturated rings. The minimum absolute atomic E-state index is 0.313. The van der Waals surface area contributed by atoms with Crippen LogP contribution in [0.5, 0.6) is 0 Å². The summed E-state index contributed by atoms with van der Waals surface area (Å²) in [4.78, 5) is 18.4. The smallest absolute Gasteiger partial charge is 0.255 e. The molecule has 0 aliphatic heterocycles. The Bertz CT molecular complexity index is 875. The van der Waals surface area contributed by atoms with E-state index in [-0.39, 0.29) is 11.7 Å². The van der Waals surface area contributed by atoms with Gasteiger partial charge in [-0.15, -0.1) is 0 Å². The first-order valence-corrected chi connectivity index (χ1v) is 8.09. The van der Waals surface area contributed by atoms with Gasteiger partial charge in [0.25, 0.3) is 5.91 Å². The van der Waals surface area contributed by atoms with Crippen LogP contribution in [0.4, 0.5) is 27.3 Å². The van der Waals surface area contributed by atoms with Crippen molar-refractivity contribution in [2.45, 2.75) is 0 Å². The summed E-state index contributed by atoms with van der Waals surface area (Å²) in [5.41, 5.74) is 2.98. The molecule has 2 N–H and O–H groups in total. The van der Waals surface area contributed by atoms with Gasteiger partial charge >= 0.3 is 0 Å². The Morgan fingerprint density at radius 3 is 2.15 bits per heavy atom. The standard InChI is InChI=1S/C20H19FN4O/c1-25(2)18-10-7-16(8-11-18)23-19-12-9-17(13-22-19)24-20(26)14-3-5-15(21)6-4-14/h3-13H,1-2H3,(H,22,23)(H,24,26). The fourth-order valence-corrected chi connectivity index (χ4v) is 2.34. The van der Waals surface area contributed by atoms with Crippen molar-refractivity contribution in [3.05, 3.63) is 78.2 Å². The number of hydrogen-bond donors (Lipinski definition) is 2. The van der Waals surface area contributed by atoms with Gasteiger partial charge in [0.1, 0.15) is 11.6 Å². The molecule has 6 heteroatoms. The monoisotopic (exact) mass is 350 g/mol. The highest BCUT2D eigenvalue weighted by Gasteiger charge is 2.06. The van der Waals surface area contributed by atoms with Gasteiger partial charge in [0.15, 0.2) is 0 Å². The zero-order valence-corrected chi connectivity index (χ0v) is 14.5. The summed E-state index contributed by atoms with van der Waals surface area (Å²) < 4.78 is 12.9. The van der Waals surface area contributed by atoms with Crippen LogP contribution in [0.1, 0.15) is 10.4 Å². The molecule has 0 unspecified atom stereocenters. The van der Waals surface area contributed by atoms with Crippen molar-refractivity contribution < 1.29 is 9.18 Å². The molecule has 0 saturated carbocycles. The van der Waals surface area contributed by atoms with E-state index in [1.165, 1.54) is 24.3 Å². The number of nitrogens with one attached hydrogen (secondary N) is 2. The van der Waals surface area contributed by atoms with Crippen LogP contribution < -0.4 is 15.5 Å². The molecule has 26 heavy (non-hydrogen) atoms. The second kappa shape index (κ2) is 7.65. The van der Waals surface area contributed by atoms with Crippen LogP contribution in [0.2, 0.25) is 0 Å². The van der Waals surface area contributed by atoms with Gasteiger partial charge in [0, 0.05) is 31.0 Å². The summed E-state index contributed by atoms with van der Waals surface area (Å²) in [6.07, 6.45) is 1.57. The lowest BCUT2D eigenvalue weighted by atomic mass is 10.2. The molecule has 1 heterocycles. The summed E-state index contributed by atoms with van der Waals surface area (Å²) in [6, 6.07) is 16.9. The molecule has 0 bridgehead atoms. The van der Waals surface area contributed by atoms with Crippen LogP contribution in [-0.2, 0) is 0 Å². The van der Waals surface area contributed by atoms with Gasteiger partial charge in [0.05, 0.1) is 11.9 Å². The van der Waals surface area contributed by atoms with Crippen molar-refractivity contribution in [1.29, 1.82) is 0 Å². The first kappa shape index (κ1) is 17.4. The molecule has 3 aromatic rings. The Kier molecular flexibility index (Phi) is 5.12. The number of benzene rings is 2. The van der Waals surface area contributed by atoms with Crippen molar-refractivity contribution in [1.82, 2.24) is 4.98 Å². The largest absolute Gasteiger partial charge is 0.378 e. The third kappa shape index (κ3) is 4.36. The summed E-state index contributed by atoms with van der Waals surface area (Å²) in [5, 5.41) is 5.94. The third-order valence-electron chi connectivity index (χ3n) is 3.78. The second-order valence-electron chi connectivity index (χ2n) is 5.96. The van der Waals surface area contributed by atoms with E-state index >= 15 is 0 Å². The van der Waals surface area contributed by atoms with E-state index in [2.05, 4.69) is 15.6 Å². The minimum Gasteiger partial charge on any atom is -0.378 e. The van der Waals surface area contributed by atoms with Gasteiger partial charge in [-0.05, 0) is 60.7 Å². The van der Waals surface area contributed by atoms with Crippen LogP contribution in [0.15, 0.2) is 66.9 Å². The van der Waals surface area contributed by atoms with E-state index in [9.17, 15) is 9.18 Å². The molecule has 0 atom stereocenters. The van der Waals surface area contributed by atoms with Crippen LogP contribution >= 0.6 is 0 Å². The molecule has 0 aliphatic carbocycles. The molecule has 0 radical (unpaired) electrons. The normalized spacial score (nSPS) is 10.3. The van der Waals surface area contributed by atoms with Gasteiger partial charge in [-0.3, -0.25) is 4.79 Å². The van der Waals surface area contributed by atoms with E-state index < -0.39 is 0 Å². The Morgan fingerprint density at radius 2 is 1.58 bits per heavy atom. The second-order valence-corrected chi connectivity index (χ2v) is 5.96. The van der Waals surface area contributed by atoms with Crippen molar-refractivity contribution in [2.24, 2.45) is 0 Å². The van der Waals surface area contributed by atoms with Crippen molar-refractivity contribution >= 4 is 28.8 Å². The Morgan fingerprint density at radius 1 is 0.923 bits per heavy atom. The number of rotatable bonds is 5. The number of amides is 1. The van der Waals surface area contributed by atoms with Crippen molar-refractivity contribution in [2.75, 3.05) is 29.6 Å². The van der Waals surface area contributed by atoms with Crippen LogP contribution in [0.3, 0.4) is 0 Å². The van der Waals surface area contributed by atoms with Crippen LogP contribution in [-0.4, -0.2) is 25.0 Å². The highest BCUT2D eigenvalue weighted by atomic mass is 19.1. The van der Waals surface area contributed by atoms with Crippen molar-refractivity contribution in [3.63, 3.8) is 0 Å². The van der Waals surface area contributed by atoms with E-state index in [1.807, 2.05) is 43.3 Å². The molecule has 0 spiro atoms. The lowest BCUT2D eigenvalue weighted by Gasteiger charge is -2.13. The zero-order valence-electron chi connectivity index (χ0n) is 14.5. The lowest BCUT2D eigenvalue weighted by Crippen LogP contribution is -2.12. The fraction of sp³-hybridized carbons (Fsp3) is 0.100. The summed E-state index contributed by atoms with van der Waals surface area (Å²) in [7, 11) is 3.98. The molecule has 0 aliphatic rings. The van der Waals surface area contributed by atoms with E-state index in [0.717, 1.165) is 11.4 Å². The van der Waals surface area contributed by atoms with Crippen molar-refractivity contribution in [3.8, 4) is 0 Å². The Labute approximate surface area is 151 Å². The SMILES string of the molecule is CN(C)c1ccc(Nc2ccc(NC(=O)c3ccc(F)cc3)cn2)cc1. The van der Waals surface area contributed by atoms with E-state index in [1.54, 1.807) is 18.3 Å². The number of carbonyl (C=O) groups is 1. The number of pyridine rings is 1. The molecule has 132 valence electrons. The summed E-state index contributed by atoms with van der Waals surface area (Å²) in [6.45, 7) is 0. The molecule has 1 amide bonds. The van der Waals surface area contributed by atoms with E-state index in [0.29, 0.717) is 17.1 Å². The third-order valence-corrected chi connectivity index (χ3v) is 3.78. The number of anilines is 4. The average Bonchev–Trinajstić information content (AvgIpc) is 2.64. The highest BCUT2D eigenvalue weighted by Crippen LogP contribution is 2.20. The molecule has 2 aromatic carbocycles. The highest BCUT2D eigenvalue weighted by molar-refractivity contribution is 6.04. The van der Waals surface area contributed by atoms with Gasteiger partial charge in [0.2, 0.25) is 0 Å². The minimum atomic E-state index is -0.378. The lowest BCUT2D eigenvalue weighted by molar-refractivity contribution is 0.102. The van der Waals surface area contributed by atoms with Crippen LogP contribution in [0, 0.1) is 5.82 Å². The first-order valence-electron chi connectivity index (χ1n) is 8.09. The maximum atomic E-state index is 12.9. The number of aromatic nitrogens is 1. The quantitative estimate of drug-likeness (QED) is 0.721. The van der Waals surface area contributed by atoms with Gasteiger partial charge < -0.3 is 15.5 Å². The average molecular weight is 350 g/mol. The Hall–Kier alpha value is -3.41. The molecular weight excluding hydrogens is 331 g/mol. The van der Waals surface area contributed by atoms with Gasteiger partial charge in [-0.25, -0.2) is 9.37 Å². The summed E-state index contributed by atoms with van der Waals surface area (Å²) >= 11 is 0. The molecule has 5 nitrogen and oxygen atoms in total. The van der Waals surface area contributed by atoms with Gasteiger partial charge in [-0.2, -0.15) is 0 Å². The number of carbonyl (C=O) groups excluding carboxylic acids is 1. The number of hydrogen-bond acceptors (Lipinski definition) is 4. The number of nitrogens with zero attached hydrogens (tertiary/aromatic N) is 2. The molecular formula is C20H19FN4O. The Balaban J connectivity index is 1.62. The maximum Gasteiger partial charge on any atom is 0.255 e. The molecule has 1 aromatic heterocycles. The zero-order chi connectivity index (χ0) is 18.5. The van der Waals surface area contributed by atoms with Crippen LogP contribution in [0.25, 0.3) is 0 Å². The fourth-order valence-electron chi connectivity index (χ4n) is 2.34. The predicted octanol–water partition coefficient (Wildman–Crippen LogP) is 4.28. The summed E-state index contributed by atoms with van der Waals surface area (Å²) in [5.74, 6) is -0.0218. The molecule has 0 saturated heterocycles. The van der Waals surface area contributed by atoms with E-state index in [4.69, 9.17) is 0 Å². The first-order chi connectivity index (χ1) is 12.5. The number of halogens is 1. The molecule has 3 rings (SSSR count).